The van der Waals surface area contributed by atoms with Crippen molar-refractivity contribution in [3.63, 3.8) is 0 Å². The molecule has 7 nitrogen and oxygen atoms in total. The Labute approximate surface area is 210 Å². The zero-order valence-corrected chi connectivity index (χ0v) is 20.8. The van der Waals surface area contributed by atoms with Gasteiger partial charge in [-0.2, -0.15) is 5.26 Å². The predicted octanol–water partition coefficient (Wildman–Crippen LogP) is 4.93. The van der Waals surface area contributed by atoms with Crippen LogP contribution in [0.25, 0.3) is 32.1 Å². The first kappa shape index (κ1) is 22.4. The number of fused-ring (bicyclic) bond motifs is 4. The van der Waals surface area contributed by atoms with Crippen molar-refractivity contribution in [3.8, 4) is 17.2 Å². The molecule has 0 spiro atoms. The maximum atomic E-state index is 14.7. The Hall–Kier alpha value is -3.03. The van der Waals surface area contributed by atoms with Crippen molar-refractivity contribution in [2.75, 3.05) is 37.8 Å². The number of nitrogens with two attached hydrogens (primary N) is 1. The molecule has 4 aromatic rings. The quantitative estimate of drug-likeness (QED) is 0.419. The van der Waals surface area contributed by atoms with Crippen LogP contribution in [0, 0.1) is 17.1 Å². The molecule has 0 unspecified atom stereocenters. The zero-order chi connectivity index (χ0) is 24.4. The summed E-state index contributed by atoms with van der Waals surface area (Å²) >= 11 is 8.16. The summed E-state index contributed by atoms with van der Waals surface area (Å²) in [5.74, 6) is 0.219. The van der Waals surface area contributed by atoms with E-state index in [9.17, 15) is 9.65 Å². The van der Waals surface area contributed by atoms with Gasteiger partial charge in [-0.1, -0.05) is 17.7 Å². The highest BCUT2D eigenvalue weighted by molar-refractivity contribution is 7.23. The van der Waals surface area contributed by atoms with Crippen LogP contribution in [-0.4, -0.2) is 48.1 Å². The Balaban J connectivity index is 1.60. The van der Waals surface area contributed by atoms with Gasteiger partial charge < -0.3 is 20.3 Å². The van der Waals surface area contributed by atoms with Crippen molar-refractivity contribution in [1.29, 1.82) is 5.26 Å². The van der Waals surface area contributed by atoms with E-state index in [0.717, 1.165) is 47.4 Å². The van der Waals surface area contributed by atoms with E-state index in [2.05, 4.69) is 34.9 Å². The minimum atomic E-state index is -0.416. The monoisotopic (exact) mass is 508 g/mol. The summed E-state index contributed by atoms with van der Waals surface area (Å²) < 4.78 is 20.9. The number of nitrogen functional groups attached to an aromatic ring is 1. The highest BCUT2D eigenvalue weighted by Gasteiger charge is 2.30. The minimum Gasteiger partial charge on any atom is -0.389 e. The topological polar surface area (TPSA) is 91.3 Å². The van der Waals surface area contributed by atoms with Crippen LogP contribution >= 0.6 is 22.9 Å². The smallest absolute Gasteiger partial charge is 0.225 e. The summed E-state index contributed by atoms with van der Waals surface area (Å²) in [4.78, 5) is 14.0. The number of nitriles is 1. The van der Waals surface area contributed by atoms with Gasteiger partial charge in [0.1, 0.15) is 16.9 Å². The van der Waals surface area contributed by atoms with Crippen molar-refractivity contribution in [2.24, 2.45) is 0 Å². The normalized spacial score (nSPS) is 17.6. The molecule has 0 saturated carbocycles. The lowest BCUT2D eigenvalue weighted by atomic mass is 9.91. The number of halogens is 2. The predicted molar refractivity (Wildman–Crippen MR) is 137 cm³/mol. The highest BCUT2D eigenvalue weighted by Crippen LogP contribution is 2.48. The Morgan fingerprint density at radius 1 is 1.31 bits per heavy atom. The molecule has 2 aromatic carbocycles. The number of benzene rings is 2. The van der Waals surface area contributed by atoms with Crippen LogP contribution in [-0.2, 0) is 18.0 Å². The number of aromatic nitrogens is 2. The molecule has 0 bridgehead atoms. The molecule has 2 aliphatic heterocycles. The van der Waals surface area contributed by atoms with Gasteiger partial charge in [-0.15, -0.1) is 11.3 Å². The van der Waals surface area contributed by atoms with Crippen molar-refractivity contribution < 1.29 is 9.13 Å². The first-order chi connectivity index (χ1) is 16.9. The van der Waals surface area contributed by atoms with E-state index < -0.39 is 5.82 Å². The molecule has 2 aromatic heterocycles. The van der Waals surface area contributed by atoms with E-state index in [1.54, 1.807) is 6.07 Å². The van der Waals surface area contributed by atoms with Crippen LogP contribution in [0.3, 0.4) is 0 Å². The maximum Gasteiger partial charge on any atom is 0.225 e. The second kappa shape index (κ2) is 8.28. The Kier molecular flexibility index (Phi) is 5.31. The maximum absolute atomic E-state index is 14.7. The molecule has 6 rings (SSSR count). The SMILES string of the molecule is CN(C)[C@@H]1CCN(c2ncc3c4c(c(-c5ccc(F)c6sc(N)c(C#N)c56)c(Cl)c3n2)COC4)C1. The van der Waals surface area contributed by atoms with E-state index in [1.165, 1.54) is 6.07 Å². The lowest BCUT2D eigenvalue weighted by Gasteiger charge is -2.21. The largest absolute Gasteiger partial charge is 0.389 e. The molecular weight excluding hydrogens is 487 g/mol. The average molecular weight is 509 g/mol. The first-order valence-corrected chi connectivity index (χ1v) is 12.5. The van der Waals surface area contributed by atoms with Gasteiger partial charge in [-0.05, 0) is 43.3 Å². The Morgan fingerprint density at radius 3 is 2.86 bits per heavy atom. The zero-order valence-electron chi connectivity index (χ0n) is 19.2. The van der Waals surface area contributed by atoms with Gasteiger partial charge in [0.25, 0.3) is 0 Å². The molecule has 4 heterocycles. The summed E-state index contributed by atoms with van der Waals surface area (Å²) in [5, 5.41) is 11.8. The lowest BCUT2D eigenvalue weighted by Crippen LogP contribution is -2.32. The first-order valence-electron chi connectivity index (χ1n) is 11.3. The minimum absolute atomic E-state index is 0.262. The van der Waals surface area contributed by atoms with Gasteiger partial charge in [0.15, 0.2) is 0 Å². The summed E-state index contributed by atoms with van der Waals surface area (Å²) in [5.41, 5.74) is 10.2. The van der Waals surface area contributed by atoms with Crippen molar-refractivity contribution >= 4 is 54.9 Å². The van der Waals surface area contributed by atoms with Gasteiger partial charge in [0.05, 0.1) is 34.0 Å². The van der Waals surface area contributed by atoms with E-state index in [4.69, 9.17) is 27.1 Å². The molecular formula is C25H22ClFN6OS. The fourth-order valence-electron chi connectivity index (χ4n) is 5.19. The number of nitrogens with zero attached hydrogens (tertiary/aromatic N) is 5. The third-order valence-electron chi connectivity index (χ3n) is 7.06. The van der Waals surface area contributed by atoms with Crippen LogP contribution in [0.2, 0.25) is 5.02 Å². The van der Waals surface area contributed by atoms with Crippen LogP contribution in [0.4, 0.5) is 15.3 Å². The molecule has 2 aliphatic rings. The van der Waals surface area contributed by atoms with E-state index >= 15 is 0 Å². The molecule has 2 N–H and O–H groups in total. The van der Waals surface area contributed by atoms with Gasteiger partial charge in [0.2, 0.25) is 5.95 Å². The number of ether oxygens (including phenoxy) is 1. The second-order valence-corrected chi connectivity index (χ2v) is 10.6. The molecule has 0 amide bonds. The number of hydrogen-bond acceptors (Lipinski definition) is 8. The van der Waals surface area contributed by atoms with Gasteiger partial charge in [-0.25, -0.2) is 14.4 Å². The average Bonchev–Trinajstić information content (AvgIpc) is 3.59. The molecule has 0 aliphatic carbocycles. The van der Waals surface area contributed by atoms with Gasteiger partial charge in [0, 0.05) is 41.7 Å². The summed E-state index contributed by atoms with van der Waals surface area (Å²) in [7, 11) is 4.16. The molecule has 10 heteroatoms. The van der Waals surface area contributed by atoms with E-state index in [0.29, 0.717) is 57.0 Å². The Morgan fingerprint density at radius 2 is 2.11 bits per heavy atom. The number of anilines is 2. The highest BCUT2D eigenvalue weighted by atomic mass is 35.5. The van der Waals surface area contributed by atoms with Crippen molar-refractivity contribution in [1.82, 2.24) is 14.9 Å². The number of rotatable bonds is 3. The van der Waals surface area contributed by atoms with Crippen LogP contribution in [0.1, 0.15) is 23.1 Å². The number of hydrogen-bond donors (Lipinski definition) is 1. The summed E-state index contributed by atoms with van der Waals surface area (Å²) in [6.45, 7) is 2.48. The molecule has 178 valence electrons. The molecule has 1 saturated heterocycles. The summed E-state index contributed by atoms with van der Waals surface area (Å²) in [6.07, 6.45) is 2.86. The third kappa shape index (κ3) is 3.36. The fraction of sp³-hybridized carbons (Fsp3) is 0.320. The van der Waals surface area contributed by atoms with Crippen LogP contribution in [0.15, 0.2) is 18.3 Å². The van der Waals surface area contributed by atoms with Crippen molar-refractivity contribution in [3.05, 3.63) is 45.9 Å². The molecule has 1 atom stereocenters. The third-order valence-corrected chi connectivity index (χ3v) is 8.46. The van der Waals surface area contributed by atoms with Crippen LogP contribution < -0.4 is 10.6 Å². The van der Waals surface area contributed by atoms with E-state index in [1.807, 2.05) is 6.20 Å². The second-order valence-electron chi connectivity index (χ2n) is 9.18. The molecule has 35 heavy (non-hydrogen) atoms. The van der Waals surface area contributed by atoms with Gasteiger partial charge >= 0.3 is 0 Å². The molecule has 0 radical (unpaired) electrons. The Bertz CT molecular complexity index is 1560. The standard InChI is InChI=1S/C25H22ClFN6OS/c1-32(2)12-5-6-33(9-12)25-30-8-15-16-10-34-11-17(16)19(21(26)22(15)31-25)13-3-4-18(27)23-20(13)14(7-28)24(29)35-23/h3-4,8,12H,5-6,9-11,29H2,1-2H3/t12-/m1/s1. The molecule has 1 fully saturated rings. The lowest BCUT2D eigenvalue weighted by molar-refractivity contribution is 0.135. The van der Waals surface area contributed by atoms with E-state index in [-0.39, 0.29) is 10.6 Å². The summed E-state index contributed by atoms with van der Waals surface area (Å²) in [6, 6.07) is 5.65. The van der Waals surface area contributed by atoms with Crippen LogP contribution in [0.5, 0.6) is 0 Å². The van der Waals surface area contributed by atoms with Gasteiger partial charge in [-0.3, -0.25) is 0 Å². The number of thiophene rings is 1. The number of likely N-dealkylation sites (N-methyl/N-ethyl adjacent to an activating group) is 1. The van der Waals surface area contributed by atoms with Crippen molar-refractivity contribution in [2.45, 2.75) is 25.7 Å². The fourth-order valence-corrected chi connectivity index (χ4v) is 6.50.